The van der Waals surface area contributed by atoms with Crippen molar-refractivity contribution in [2.75, 3.05) is 14.2 Å². The van der Waals surface area contributed by atoms with E-state index in [1.54, 1.807) is 24.3 Å². The zero-order valence-electron chi connectivity index (χ0n) is 15.3. The SMILES string of the molecule is C=C(NC(C(=O)OC)=C(Cl)C(N)=NCc1ccc(C(=O)OC)cc1)C1CC1. The lowest BCUT2D eigenvalue weighted by Crippen LogP contribution is -2.27. The molecule has 0 radical (unpaired) electrons. The first-order valence-electron chi connectivity index (χ1n) is 8.28. The second kappa shape index (κ2) is 9.23. The number of nitrogens with zero attached hydrogens (tertiary/aromatic N) is 1. The Balaban J connectivity index is 2.14. The van der Waals surface area contributed by atoms with E-state index in [9.17, 15) is 9.59 Å². The van der Waals surface area contributed by atoms with Crippen LogP contribution in [0.4, 0.5) is 0 Å². The van der Waals surface area contributed by atoms with Gasteiger partial charge >= 0.3 is 11.9 Å². The third-order valence-electron chi connectivity index (χ3n) is 4.00. The van der Waals surface area contributed by atoms with Crippen molar-refractivity contribution < 1.29 is 19.1 Å². The van der Waals surface area contributed by atoms with Crippen LogP contribution in [-0.4, -0.2) is 32.0 Å². The Morgan fingerprint density at radius 3 is 2.41 bits per heavy atom. The minimum Gasteiger partial charge on any atom is -0.465 e. The van der Waals surface area contributed by atoms with Crippen LogP contribution in [-0.2, 0) is 20.8 Å². The highest BCUT2D eigenvalue weighted by Gasteiger charge is 2.27. The molecule has 0 atom stereocenters. The van der Waals surface area contributed by atoms with E-state index in [2.05, 4.69) is 21.6 Å². The number of hydrogen-bond acceptors (Lipinski definition) is 6. The van der Waals surface area contributed by atoms with Gasteiger partial charge in [-0.3, -0.25) is 4.99 Å². The van der Waals surface area contributed by atoms with Crippen LogP contribution in [0.2, 0.25) is 0 Å². The second-order valence-electron chi connectivity index (χ2n) is 6.00. The standard InChI is InChI=1S/C19H22ClN3O4/c1-11(13-8-9-13)23-16(19(25)27-3)15(20)17(21)22-10-12-4-6-14(7-5-12)18(24)26-2/h4-7,13,23H,1,8-10H2,2-3H3,(H2,21,22). The van der Waals surface area contributed by atoms with Crippen molar-refractivity contribution in [2.45, 2.75) is 19.4 Å². The van der Waals surface area contributed by atoms with Crippen LogP contribution in [0.25, 0.3) is 0 Å². The average Bonchev–Trinajstić information content (AvgIpc) is 3.54. The number of carbonyl (C=O) groups excluding carboxylic acids is 2. The van der Waals surface area contributed by atoms with E-state index >= 15 is 0 Å². The summed E-state index contributed by atoms with van der Waals surface area (Å²) < 4.78 is 9.40. The molecule has 3 N–H and O–H groups in total. The molecule has 0 spiro atoms. The largest absolute Gasteiger partial charge is 0.465 e. The zero-order chi connectivity index (χ0) is 20.0. The Hall–Kier alpha value is -2.80. The molecular weight excluding hydrogens is 370 g/mol. The second-order valence-corrected chi connectivity index (χ2v) is 6.37. The maximum atomic E-state index is 12.0. The van der Waals surface area contributed by atoms with E-state index in [0.29, 0.717) is 17.2 Å². The number of ether oxygens (including phenoxy) is 2. The number of hydrogen-bond donors (Lipinski definition) is 2. The number of rotatable bonds is 8. The number of amidine groups is 1. The van der Waals surface area contributed by atoms with Crippen LogP contribution in [0.3, 0.4) is 0 Å². The number of allylic oxidation sites excluding steroid dienone is 1. The van der Waals surface area contributed by atoms with Gasteiger partial charge < -0.3 is 20.5 Å². The Labute approximate surface area is 162 Å². The molecule has 0 bridgehead atoms. The number of halogens is 1. The average molecular weight is 392 g/mol. The third kappa shape index (κ3) is 5.59. The number of esters is 2. The Morgan fingerprint density at radius 2 is 1.89 bits per heavy atom. The van der Waals surface area contributed by atoms with Gasteiger partial charge in [0.25, 0.3) is 0 Å². The number of methoxy groups -OCH3 is 2. The lowest BCUT2D eigenvalue weighted by Gasteiger charge is -2.13. The van der Waals surface area contributed by atoms with Crippen LogP contribution in [0.5, 0.6) is 0 Å². The van der Waals surface area contributed by atoms with E-state index in [0.717, 1.165) is 18.4 Å². The highest BCUT2D eigenvalue weighted by Crippen LogP contribution is 2.34. The van der Waals surface area contributed by atoms with Crippen LogP contribution < -0.4 is 11.1 Å². The number of nitrogens with one attached hydrogen (secondary N) is 1. The van der Waals surface area contributed by atoms with Gasteiger partial charge in [0.2, 0.25) is 0 Å². The number of carbonyl (C=O) groups is 2. The molecule has 1 aliphatic rings. The summed E-state index contributed by atoms with van der Waals surface area (Å²) >= 11 is 6.25. The lowest BCUT2D eigenvalue weighted by atomic mass is 10.1. The highest BCUT2D eigenvalue weighted by atomic mass is 35.5. The quantitative estimate of drug-likeness (QED) is 0.305. The summed E-state index contributed by atoms with van der Waals surface area (Å²) in [5.41, 5.74) is 7.89. The number of aliphatic imine (C=N–C) groups is 1. The Kier molecular flexibility index (Phi) is 7.01. The van der Waals surface area contributed by atoms with Crippen molar-refractivity contribution in [3.8, 4) is 0 Å². The normalized spacial score (nSPS) is 14.9. The van der Waals surface area contributed by atoms with Gasteiger partial charge in [0, 0.05) is 5.70 Å². The highest BCUT2D eigenvalue weighted by molar-refractivity contribution is 6.44. The summed E-state index contributed by atoms with van der Waals surface area (Å²) in [5, 5.41) is 2.87. The van der Waals surface area contributed by atoms with Crippen LogP contribution in [0.15, 0.2) is 52.3 Å². The Morgan fingerprint density at radius 1 is 1.26 bits per heavy atom. The van der Waals surface area contributed by atoms with Gasteiger partial charge in [-0.25, -0.2) is 9.59 Å². The molecule has 0 saturated heterocycles. The van der Waals surface area contributed by atoms with Crippen molar-refractivity contribution in [1.29, 1.82) is 0 Å². The summed E-state index contributed by atoms with van der Waals surface area (Å²) in [7, 11) is 2.57. The molecule has 27 heavy (non-hydrogen) atoms. The topological polar surface area (TPSA) is 103 Å². The molecular formula is C19H22ClN3O4. The molecule has 8 heteroatoms. The van der Waals surface area contributed by atoms with E-state index in [4.69, 9.17) is 22.1 Å². The first-order valence-corrected chi connectivity index (χ1v) is 8.66. The van der Waals surface area contributed by atoms with Gasteiger partial charge in [0.05, 0.1) is 26.3 Å². The van der Waals surface area contributed by atoms with Gasteiger partial charge in [-0.1, -0.05) is 30.3 Å². The molecule has 0 unspecified atom stereocenters. The van der Waals surface area contributed by atoms with Gasteiger partial charge in [-0.2, -0.15) is 0 Å². The molecule has 0 aliphatic heterocycles. The van der Waals surface area contributed by atoms with E-state index in [1.807, 2.05) is 0 Å². The minimum atomic E-state index is -0.651. The molecule has 1 saturated carbocycles. The molecule has 1 aromatic rings. The van der Waals surface area contributed by atoms with E-state index < -0.39 is 11.9 Å². The van der Waals surface area contributed by atoms with Crippen molar-refractivity contribution in [3.05, 3.63) is 58.4 Å². The molecule has 1 fully saturated rings. The maximum absolute atomic E-state index is 12.0. The fourth-order valence-electron chi connectivity index (χ4n) is 2.23. The molecule has 0 heterocycles. The first-order chi connectivity index (χ1) is 12.9. The molecule has 7 nitrogen and oxygen atoms in total. The smallest absolute Gasteiger partial charge is 0.356 e. The van der Waals surface area contributed by atoms with E-state index in [1.165, 1.54) is 14.2 Å². The van der Waals surface area contributed by atoms with Crippen LogP contribution in [0.1, 0.15) is 28.8 Å². The molecule has 0 aromatic heterocycles. The number of nitrogens with two attached hydrogens (primary N) is 1. The fraction of sp³-hybridized carbons (Fsp3) is 0.316. The maximum Gasteiger partial charge on any atom is 0.356 e. The molecule has 0 amide bonds. The van der Waals surface area contributed by atoms with Gasteiger partial charge in [-0.05, 0) is 36.5 Å². The number of benzene rings is 1. The summed E-state index contributed by atoms with van der Waals surface area (Å²) in [4.78, 5) is 27.7. The van der Waals surface area contributed by atoms with Gasteiger partial charge in [-0.15, -0.1) is 0 Å². The summed E-state index contributed by atoms with van der Waals surface area (Å²) in [6.45, 7) is 4.13. The minimum absolute atomic E-state index is 0.00907. The van der Waals surface area contributed by atoms with Crippen molar-refractivity contribution in [1.82, 2.24) is 5.32 Å². The van der Waals surface area contributed by atoms with Crippen molar-refractivity contribution >= 4 is 29.4 Å². The van der Waals surface area contributed by atoms with Crippen LogP contribution >= 0.6 is 11.6 Å². The molecule has 2 rings (SSSR count). The van der Waals surface area contributed by atoms with Gasteiger partial charge in [0.15, 0.2) is 0 Å². The summed E-state index contributed by atoms with van der Waals surface area (Å²) in [6, 6.07) is 6.72. The lowest BCUT2D eigenvalue weighted by molar-refractivity contribution is -0.136. The zero-order valence-corrected chi connectivity index (χ0v) is 16.0. The summed E-state index contributed by atoms with van der Waals surface area (Å²) in [5.74, 6) is -0.756. The van der Waals surface area contributed by atoms with Crippen molar-refractivity contribution in [2.24, 2.45) is 16.6 Å². The van der Waals surface area contributed by atoms with Crippen LogP contribution in [0, 0.1) is 5.92 Å². The predicted octanol–water partition coefficient (Wildman–Crippen LogP) is 2.47. The van der Waals surface area contributed by atoms with Gasteiger partial charge in [0.1, 0.15) is 16.6 Å². The molecule has 1 aromatic carbocycles. The van der Waals surface area contributed by atoms with Crippen molar-refractivity contribution in [3.63, 3.8) is 0 Å². The molecule has 1 aliphatic carbocycles. The predicted molar refractivity (Wildman–Crippen MR) is 103 cm³/mol. The molecule has 144 valence electrons. The van der Waals surface area contributed by atoms with E-state index in [-0.39, 0.29) is 23.1 Å². The third-order valence-corrected chi connectivity index (χ3v) is 4.38. The summed E-state index contributed by atoms with van der Waals surface area (Å²) in [6.07, 6.45) is 2.03. The monoisotopic (exact) mass is 391 g/mol. The first kappa shape index (κ1) is 20.5. The Bertz CT molecular complexity index is 796. The fourth-order valence-corrected chi connectivity index (χ4v) is 2.41.